The Hall–Kier alpha value is -2.76. The molecule has 1 atom stereocenters. The van der Waals surface area contributed by atoms with E-state index in [4.69, 9.17) is 4.74 Å². The number of esters is 1. The molecule has 3 aromatic carbocycles. The first-order valence-corrected chi connectivity index (χ1v) is 9.13. The lowest BCUT2D eigenvalue weighted by atomic mass is 10.0. The first kappa shape index (κ1) is 19.0. The molecule has 0 aliphatic rings. The van der Waals surface area contributed by atoms with Crippen molar-refractivity contribution in [2.45, 2.75) is 6.10 Å². The predicted molar refractivity (Wildman–Crippen MR) is 106 cm³/mol. The lowest BCUT2D eigenvalue weighted by Gasteiger charge is -2.12. The van der Waals surface area contributed by atoms with Gasteiger partial charge in [0, 0.05) is 10.0 Å². The Labute approximate surface area is 165 Å². The molecule has 0 heterocycles. The van der Waals surface area contributed by atoms with Crippen molar-refractivity contribution in [3.8, 4) is 0 Å². The largest absolute Gasteiger partial charge is 0.454 e. The Bertz CT molecular complexity index is 919. The Morgan fingerprint density at radius 2 is 1.37 bits per heavy atom. The van der Waals surface area contributed by atoms with Crippen molar-refractivity contribution in [1.29, 1.82) is 0 Å². The van der Waals surface area contributed by atoms with Crippen LogP contribution in [0.1, 0.15) is 37.9 Å². The summed E-state index contributed by atoms with van der Waals surface area (Å²) in [4.78, 5) is 24.2. The van der Waals surface area contributed by atoms with E-state index < -0.39 is 12.1 Å². The number of Topliss-reactive ketones (excluding diaryl/α,β-unsaturated/α-hetero) is 1. The van der Waals surface area contributed by atoms with E-state index in [-0.39, 0.29) is 12.4 Å². The third-order valence-electron chi connectivity index (χ3n) is 4.08. The Kier molecular flexibility index (Phi) is 6.16. The maximum absolute atomic E-state index is 12.1. The highest BCUT2D eigenvalue weighted by Crippen LogP contribution is 2.22. The van der Waals surface area contributed by atoms with Crippen LogP contribution in [0.15, 0.2) is 83.3 Å². The highest BCUT2D eigenvalue weighted by Gasteiger charge is 2.14. The fourth-order valence-corrected chi connectivity index (χ4v) is 2.83. The summed E-state index contributed by atoms with van der Waals surface area (Å²) in [6.45, 7) is -0.325. The summed E-state index contributed by atoms with van der Waals surface area (Å²) < 4.78 is 5.97. The van der Waals surface area contributed by atoms with Gasteiger partial charge in [-0.1, -0.05) is 70.5 Å². The highest BCUT2D eigenvalue weighted by atomic mass is 79.9. The molecule has 0 spiro atoms. The van der Waals surface area contributed by atoms with Crippen molar-refractivity contribution >= 4 is 27.7 Å². The van der Waals surface area contributed by atoms with Crippen molar-refractivity contribution < 1.29 is 19.4 Å². The van der Waals surface area contributed by atoms with Crippen LogP contribution in [0.5, 0.6) is 0 Å². The highest BCUT2D eigenvalue weighted by molar-refractivity contribution is 9.10. The van der Waals surface area contributed by atoms with Crippen LogP contribution in [0.2, 0.25) is 0 Å². The molecular weight excluding hydrogens is 408 g/mol. The van der Waals surface area contributed by atoms with E-state index in [1.54, 1.807) is 48.5 Å². The molecule has 4 nitrogen and oxygen atoms in total. The number of rotatable bonds is 6. The van der Waals surface area contributed by atoms with E-state index >= 15 is 0 Å². The second-order valence-electron chi connectivity index (χ2n) is 5.94. The normalized spacial score (nSPS) is 11.6. The van der Waals surface area contributed by atoms with Crippen molar-refractivity contribution in [2.75, 3.05) is 6.61 Å². The standard InChI is InChI=1S/C22H17BrO4/c23-19-12-10-15(11-13-19)20(24)14-27-22(26)18-8-6-17(7-9-18)21(25)16-4-2-1-3-5-16/h1-13,21,25H,14H2/t21-/m0/s1. The fourth-order valence-electron chi connectivity index (χ4n) is 2.56. The summed E-state index contributed by atoms with van der Waals surface area (Å²) >= 11 is 3.30. The summed E-state index contributed by atoms with van der Waals surface area (Å²) in [6, 6.07) is 22.6. The van der Waals surface area contributed by atoms with Crippen LogP contribution in [0, 0.1) is 0 Å². The zero-order valence-corrected chi connectivity index (χ0v) is 15.9. The quantitative estimate of drug-likeness (QED) is 0.464. The van der Waals surface area contributed by atoms with Gasteiger partial charge in [0.15, 0.2) is 12.4 Å². The van der Waals surface area contributed by atoms with Gasteiger partial charge < -0.3 is 9.84 Å². The number of carbonyl (C=O) groups is 2. The SMILES string of the molecule is O=C(COC(=O)c1ccc([C@@H](O)c2ccccc2)cc1)c1ccc(Br)cc1. The van der Waals surface area contributed by atoms with E-state index in [1.165, 1.54) is 0 Å². The van der Waals surface area contributed by atoms with Gasteiger partial charge in [0.05, 0.1) is 5.56 Å². The van der Waals surface area contributed by atoms with E-state index in [2.05, 4.69) is 15.9 Å². The molecule has 5 heteroatoms. The molecule has 136 valence electrons. The fraction of sp³-hybridized carbons (Fsp3) is 0.0909. The van der Waals surface area contributed by atoms with Crippen LogP contribution in [0.3, 0.4) is 0 Å². The predicted octanol–water partition coefficient (Wildman–Crippen LogP) is 4.57. The van der Waals surface area contributed by atoms with Crippen LogP contribution >= 0.6 is 15.9 Å². The van der Waals surface area contributed by atoms with Crippen molar-refractivity contribution in [3.63, 3.8) is 0 Å². The lowest BCUT2D eigenvalue weighted by Crippen LogP contribution is -2.14. The molecule has 0 unspecified atom stereocenters. The Morgan fingerprint density at radius 3 is 2.00 bits per heavy atom. The molecule has 0 aromatic heterocycles. The molecule has 0 bridgehead atoms. The van der Waals surface area contributed by atoms with E-state index in [0.717, 1.165) is 10.0 Å². The number of benzene rings is 3. The zero-order chi connectivity index (χ0) is 19.2. The maximum atomic E-state index is 12.1. The van der Waals surface area contributed by atoms with Crippen molar-refractivity contribution in [2.24, 2.45) is 0 Å². The monoisotopic (exact) mass is 424 g/mol. The zero-order valence-electron chi connectivity index (χ0n) is 14.3. The number of ether oxygens (including phenoxy) is 1. The molecule has 0 aliphatic carbocycles. The van der Waals surface area contributed by atoms with Gasteiger partial charge in [-0.15, -0.1) is 0 Å². The summed E-state index contributed by atoms with van der Waals surface area (Å²) in [5.41, 5.74) is 2.24. The molecule has 0 fully saturated rings. The van der Waals surface area contributed by atoms with Crippen LogP contribution in [-0.4, -0.2) is 23.5 Å². The second kappa shape index (κ2) is 8.75. The third-order valence-corrected chi connectivity index (χ3v) is 4.61. The van der Waals surface area contributed by atoms with Gasteiger partial charge >= 0.3 is 5.97 Å². The summed E-state index contributed by atoms with van der Waals surface area (Å²) in [6.07, 6.45) is -0.768. The number of ketones is 1. The molecule has 1 N–H and O–H groups in total. The van der Waals surface area contributed by atoms with Gasteiger partial charge in [-0.3, -0.25) is 4.79 Å². The van der Waals surface area contributed by atoms with Crippen LogP contribution in [0.25, 0.3) is 0 Å². The number of halogens is 1. The smallest absolute Gasteiger partial charge is 0.338 e. The third kappa shape index (κ3) is 4.90. The Balaban J connectivity index is 1.60. The average Bonchev–Trinajstić information content (AvgIpc) is 2.72. The molecule has 0 amide bonds. The van der Waals surface area contributed by atoms with E-state index in [9.17, 15) is 14.7 Å². The Morgan fingerprint density at radius 1 is 0.815 bits per heavy atom. The van der Waals surface area contributed by atoms with Crippen molar-refractivity contribution in [3.05, 3.63) is 106 Å². The van der Waals surface area contributed by atoms with Crippen LogP contribution < -0.4 is 0 Å². The molecule has 0 aliphatic heterocycles. The van der Waals surface area contributed by atoms with Gasteiger partial charge in [0.25, 0.3) is 0 Å². The number of carbonyl (C=O) groups excluding carboxylic acids is 2. The lowest BCUT2D eigenvalue weighted by molar-refractivity contribution is 0.0474. The van der Waals surface area contributed by atoms with Crippen LogP contribution in [-0.2, 0) is 4.74 Å². The van der Waals surface area contributed by atoms with Crippen molar-refractivity contribution in [1.82, 2.24) is 0 Å². The van der Waals surface area contributed by atoms with Gasteiger partial charge in [-0.05, 0) is 35.4 Å². The number of aliphatic hydroxyl groups is 1. The van der Waals surface area contributed by atoms with Crippen LogP contribution in [0.4, 0.5) is 0 Å². The molecule has 3 aromatic rings. The van der Waals surface area contributed by atoms with E-state index in [1.807, 2.05) is 30.3 Å². The molecule has 27 heavy (non-hydrogen) atoms. The van der Waals surface area contributed by atoms with Gasteiger partial charge in [0.2, 0.25) is 0 Å². The minimum absolute atomic E-state index is 0.271. The van der Waals surface area contributed by atoms with Gasteiger partial charge in [-0.2, -0.15) is 0 Å². The number of hydrogen-bond acceptors (Lipinski definition) is 4. The second-order valence-corrected chi connectivity index (χ2v) is 6.86. The van der Waals surface area contributed by atoms with Gasteiger partial charge in [-0.25, -0.2) is 4.79 Å². The molecule has 0 saturated heterocycles. The summed E-state index contributed by atoms with van der Waals surface area (Å²) in [5.74, 6) is -0.854. The molecule has 0 saturated carbocycles. The summed E-state index contributed by atoms with van der Waals surface area (Å²) in [7, 11) is 0. The molecule has 0 radical (unpaired) electrons. The summed E-state index contributed by atoms with van der Waals surface area (Å²) in [5, 5.41) is 10.4. The molecular formula is C22H17BrO4. The maximum Gasteiger partial charge on any atom is 0.338 e. The topological polar surface area (TPSA) is 63.6 Å². The average molecular weight is 425 g/mol. The first-order chi connectivity index (χ1) is 13.0. The molecule has 3 rings (SSSR count). The van der Waals surface area contributed by atoms with E-state index in [0.29, 0.717) is 16.7 Å². The van der Waals surface area contributed by atoms with Gasteiger partial charge in [0.1, 0.15) is 6.10 Å². The first-order valence-electron chi connectivity index (χ1n) is 8.33. The number of hydrogen-bond donors (Lipinski definition) is 1. The minimum Gasteiger partial charge on any atom is -0.454 e. The minimum atomic E-state index is -0.768. The number of aliphatic hydroxyl groups excluding tert-OH is 1.